The van der Waals surface area contributed by atoms with Crippen LogP contribution in [0.3, 0.4) is 0 Å². The number of benzene rings is 2. The highest BCUT2D eigenvalue weighted by Crippen LogP contribution is 2.38. The lowest BCUT2D eigenvalue weighted by molar-refractivity contribution is 0.251. The molecule has 2 aromatic rings. The molecular formula is C18H19BrFN. The minimum absolute atomic E-state index is 0.0248. The molecule has 1 aliphatic rings. The fraction of sp³-hybridized carbons (Fsp3) is 0.333. The van der Waals surface area contributed by atoms with Crippen LogP contribution in [0.25, 0.3) is 0 Å². The van der Waals surface area contributed by atoms with Crippen LogP contribution < -0.4 is 5.73 Å². The van der Waals surface area contributed by atoms with E-state index in [2.05, 4.69) is 40.2 Å². The van der Waals surface area contributed by atoms with Gasteiger partial charge in [0.25, 0.3) is 0 Å². The van der Waals surface area contributed by atoms with Crippen LogP contribution in [0.4, 0.5) is 4.39 Å². The number of aryl methyl sites for hydroxylation is 1. The number of rotatable bonds is 3. The summed E-state index contributed by atoms with van der Waals surface area (Å²) in [5.74, 6) is -0.143. The molecular weight excluding hydrogens is 329 g/mol. The normalized spacial score (nSPS) is 21.1. The summed E-state index contributed by atoms with van der Waals surface area (Å²) >= 11 is 3.31. The second kappa shape index (κ2) is 5.90. The van der Waals surface area contributed by atoms with Crippen LogP contribution in [-0.4, -0.2) is 6.54 Å². The smallest absolute Gasteiger partial charge is 0.127 e. The van der Waals surface area contributed by atoms with E-state index in [0.29, 0.717) is 13.0 Å². The van der Waals surface area contributed by atoms with Crippen molar-refractivity contribution in [2.45, 2.75) is 25.7 Å². The van der Waals surface area contributed by atoms with Crippen LogP contribution in [0.2, 0.25) is 0 Å². The summed E-state index contributed by atoms with van der Waals surface area (Å²) in [6, 6.07) is 13.8. The molecule has 110 valence electrons. The van der Waals surface area contributed by atoms with Crippen molar-refractivity contribution < 1.29 is 4.39 Å². The summed E-state index contributed by atoms with van der Waals surface area (Å²) < 4.78 is 14.9. The summed E-state index contributed by atoms with van der Waals surface area (Å²) in [7, 11) is 0. The largest absolute Gasteiger partial charge is 0.330 e. The fourth-order valence-corrected chi connectivity index (χ4v) is 3.67. The van der Waals surface area contributed by atoms with E-state index in [-0.39, 0.29) is 11.2 Å². The Kier molecular flexibility index (Phi) is 4.14. The van der Waals surface area contributed by atoms with E-state index in [4.69, 9.17) is 5.73 Å². The highest BCUT2D eigenvalue weighted by molar-refractivity contribution is 9.10. The van der Waals surface area contributed by atoms with Gasteiger partial charge in [0.15, 0.2) is 0 Å². The Morgan fingerprint density at radius 2 is 1.90 bits per heavy atom. The predicted octanol–water partition coefficient (Wildman–Crippen LogP) is 4.26. The molecule has 3 heteroatoms. The van der Waals surface area contributed by atoms with Gasteiger partial charge in [-0.1, -0.05) is 46.3 Å². The van der Waals surface area contributed by atoms with E-state index in [1.807, 2.05) is 12.1 Å². The summed E-state index contributed by atoms with van der Waals surface area (Å²) in [5.41, 5.74) is 9.62. The third kappa shape index (κ3) is 3.04. The van der Waals surface area contributed by atoms with Crippen molar-refractivity contribution in [3.63, 3.8) is 0 Å². The van der Waals surface area contributed by atoms with Gasteiger partial charge in [-0.2, -0.15) is 0 Å². The molecule has 1 atom stereocenters. The third-order valence-corrected chi connectivity index (χ3v) is 5.12. The van der Waals surface area contributed by atoms with E-state index in [1.165, 1.54) is 17.2 Å². The van der Waals surface area contributed by atoms with E-state index in [1.54, 1.807) is 0 Å². The molecule has 0 radical (unpaired) electrons. The van der Waals surface area contributed by atoms with Gasteiger partial charge in [0.05, 0.1) is 0 Å². The lowest BCUT2D eigenvalue weighted by Crippen LogP contribution is -2.38. The Balaban J connectivity index is 1.88. The molecule has 2 aromatic carbocycles. The summed E-state index contributed by atoms with van der Waals surface area (Å²) in [6.07, 6.45) is 3.70. The van der Waals surface area contributed by atoms with Crippen molar-refractivity contribution in [1.29, 1.82) is 0 Å². The Morgan fingerprint density at radius 3 is 2.62 bits per heavy atom. The first-order chi connectivity index (χ1) is 10.1. The van der Waals surface area contributed by atoms with Gasteiger partial charge in [0, 0.05) is 4.47 Å². The highest BCUT2D eigenvalue weighted by Gasteiger charge is 2.33. The molecule has 2 N–H and O–H groups in total. The quantitative estimate of drug-likeness (QED) is 0.881. The highest BCUT2D eigenvalue weighted by atomic mass is 79.9. The lowest BCUT2D eigenvalue weighted by Gasteiger charge is -2.37. The van der Waals surface area contributed by atoms with Crippen LogP contribution >= 0.6 is 15.9 Å². The SMILES string of the molecule is NCC1(Cc2ccc(Br)cc2F)CCc2ccccc2C1. The summed E-state index contributed by atoms with van der Waals surface area (Å²) in [4.78, 5) is 0. The van der Waals surface area contributed by atoms with E-state index in [0.717, 1.165) is 29.3 Å². The first kappa shape index (κ1) is 14.7. The maximum atomic E-state index is 14.1. The predicted molar refractivity (Wildman–Crippen MR) is 87.8 cm³/mol. The molecule has 0 saturated carbocycles. The zero-order valence-electron chi connectivity index (χ0n) is 11.9. The molecule has 1 unspecified atom stereocenters. The Bertz CT molecular complexity index is 655. The number of hydrogen-bond acceptors (Lipinski definition) is 1. The molecule has 0 spiro atoms. The van der Waals surface area contributed by atoms with Gasteiger partial charge in [0.1, 0.15) is 5.82 Å². The van der Waals surface area contributed by atoms with Crippen LogP contribution in [-0.2, 0) is 19.3 Å². The van der Waals surface area contributed by atoms with Gasteiger partial charge < -0.3 is 5.73 Å². The first-order valence-corrected chi connectivity index (χ1v) is 8.12. The van der Waals surface area contributed by atoms with Crippen molar-refractivity contribution in [3.05, 3.63) is 69.4 Å². The molecule has 21 heavy (non-hydrogen) atoms. The van der Waals surface area contributed by atoms with Crippen molar-refractivity contribution >= 4 is 15.9 Å². The molecule has 1 nitrogen and oxygen atoms in total. The second-order valence-electron chi connectivity index (χ2n) is 6.06. The first-order valence-electron chi connectivity index (χ1n) is 7.33. The zero-order valence-corrected chi connectivity index (χ0v) is 13.5. The minimum Gasteiger partial charge on any atom is -0.330 e. The average Bonchev–Trinajstić information content (AvgIpc) is 2.50. The molecule has 0 saturated heterocycles. The number of fused-ring (bicyclic) bond motifs is 1. The fourth-order valence-electron chi connectivity index (χ4n) is 3.33. The van der Waals surface area contributed by atoms with Crippen LogP contribution in [0.15, 0.2) is 46.9 Å². The van der Waals surface area contributed by atoms with Gasteiger partial charge in [-0.3, -0.25) is 0 Å². The molecule has 0 heterocycles. The van der Waals surface area contributed by atoms with Gasteiger partial charge in [-0.25, -0.2) is 4.39 Å². The zero-order chi connectivity index (χ0) is 14.9. The maximum absolute atomic E-state index is 14.1. The van der Waals surface area contributed by atoms with Gasteiger partial charge in [-0.15, -0.1) is 0 Å². The van der Waals surface area contributed by atoms with E-state index >= 15 is 0 Å². The van der Waals surface area contributed by atoms with Crippen molar-refractivity contribution in [2.75, 3.05) is 6.54 Å². The number of nitrogens with two attached hydrogens (primary N) is 1. The molecule has 0 amide bonds. The molecule has 3 rings (SSSR count). The summed E-state index contributed by atoms with van der Waals surface area (Å²) in [6.45, 7) is 0.594. The van der Waals surface area contributed by atoms with Crippen LogP contribution in [0, 0.1) is 11.2 Å². The lowest BCUT2D eigenvalue weighted by atomic mass is 9.68. The molecule has 0 aliphatic heterocycles. The average molecular weight is 348 g/mol. The van der Waals surface area contributed by atoms with Gasteiger partial charge in [-0.05, 0) is 66.5 Å². The maximum Gasteiger partial charge on any atom is 0.127 e. The second-order valence-corrected chi connectivity index (χ2v) is 6.98. The topological polar surface area (TPSA) is 26.0 Å². The molecule has 0 bridgehead atoms. The monoisotopic (exact) mass is 347 g/mol. The molecule has 0 fully saturated rings. The van der Waals surface area contributed by atoms with Crippen molar-refractivity contribution in [3.8, 4) is 0 Å². The van der Waals surface area contributed by atoms with Crippen LogP contribution in [0.5, 0.6) is 0 Å². The minimum atomic E-state index is -0.143. The van der Waals surface area contributed by atoms with Gasteiger partial charge in [0.2, 0.25) is 0 Å². The van der Waals surface area contributed by atoms with Crippen molar-refractivity contribution in [2.24, 2.45) is 11.1 Å². The third-order valence-electron chi connectivity index (χ3n) is 4.62. The Hall–Kier alpha value is -1.19. The molecule has 0 aromatic heterocycles. The Morgan fingerprint density at radius 1 is 1.14 bits per heavy atom. The van der Waals surface area contributed by atoms with Gasteiger partial charge >= 0.3 is 0 Å². The van der Waals surface area contributed by atoms with E-state index in [9.17, 15) is 4.39 Å². The summed E-state index contributed by atoms with van der Waals surface area (Å²) in [5, 5.41) is 0. The Labute approximate surface area is 133 Å². The van der Waals surface area contributed by atoms with E-state index < -0.39 is 0 Å². The number of hydrogen-bond donors (Lipinski definition) is 1. The number of halogens is 2. The van der Waals surface area contributed by atoms with Crippen molar-refractivity contribution in [1.82, 2.24) is 0 Å². The van der Waals surface area contributed by atoms with Crippen LogP contribution in [0.1, 0.15) is 23.1 Å². The molecule has 1 aliphatic carbocycles. The standard InChI is InChI=1S/C18H19BrFN/c19-16-6-5-15(17(20)9-16)11-18(12-21)8-7-13-3-1-2-4-14(13)10-18/h1-6,9H,7-8,10-12,21H2.